The van der Waals surface area contributed by atoms with Gasteiger partial charge in [-0.25, -0.2) is 4.98 Å². The van der Waals surface area contributed by atoms with Crippen LogP contribution in [-0.4, -0.2) is 15.9 Å². The number of hydrogen-bond acceptors (Lipinski definition) is 3. The number of phenolic OH excluding ortho intramolecular Hbond substituents is 1. The molecule has 3 rings (SSSR count). The first kappa shape index (κ1) is 14.0. The summed E-state index contributed by atoms with van der Waals surface area (Å²) < 4.78 is 0. The van der Waals surface area contributed by atoms with Crippen LogP contribution in [0.4, 0.5) is 0 Å². The average Bonchev–Trinajstić information content (AvgIpc) is 2.54. The van der Waals surface area contributed by atoms with Crippen molar-refractivity contribution in [1.82, 2.24) is 4.98 Å². The molecule has 108 valence electrons. The first-order valence-electron chi connectivity index (χ1n) is 7.01. The number of ketones is 1. The van der Waals surface area contributed by atoms with E-state index in [-0.39, 0.29) is 11.5 Å². The molecule has 0 unspecified atom stereocenters. The number of aryl methyl sites for hydroxylation is 1. The molecule has 22 heavy (non-hydrogen) atoms. The lowest BCUT2D eigenvalue weighted by Gasteiger charge is -2.01. The highest BCUT2D eigenvalue weighted by molar-refractivity contribution is 6.06. The first-order valence-corrected chi connectivity index (χ1v) is 7.01. The molecule has 3 nitrogen and oxygen atoms in total. The van der Waals surface area contributed by atoms with Crippen molar-refractivity contribution in [2.75, 3.05) is 0 Å². The molecule has 0 aliphatic heterocycles. The van der Waals surface area contributed by atoms with Crippen molar-refractivity contribution in [3.8, 4) is 5.75 Å². The Morgan fingerprint density at radius 1 is 1.05 bits per heavy atom. The fraction of sp³-hybridized carbons (Fsp3) is 0.0526. The number of aromatic hydroxyl groups is 1. The van der Waals surface area contributed by atoms with Crippen LogP contribution in [0.25, 0.3) is 17.0 Å². The second kappa shape index (κ2) is 5.82. The van der Waals surface area contributed by atoms with E-state index in [1.807, 2.05) is 49.4 Å². The monoisotopic (exact) mass is 289 g/mol. The van der Waals surface area contributed by atoms with Gasteiger partial charge in [0.2, 0.25) is 0 Å². The van der Waals surface area contributed by atoms with E-state index >= 15 is 0 Å². The van der Waals surface area contributed by atoms with Crippen molar-refractivity contribution in [3.63, 3.8) is 0 Å². The molecular formula is C19H15NO2. The highest BCUT2D eigenvalue weighted by atomic mass is 16.3. The van der Waals surface area contributed by atoms with Crippen LogP contribution >= 0.6 is 0 Å². The molecule has 0 saturated carbocycles. The predicted molar refractivity (Wildman–Crippen MR) is 88.0 cm³/mol. The van der Waals surface area contributed by atoms with Crippen LogP contribution in [0.5, 0.6) is 5.75 Å². The smallest absolute Gasteiger partial charge is 0.185 e. The quantitative estimate of drug-likeness (QED) is 0.582. The normalized spacial score (nSPS) is 11.1. The number of phenols is 1. The number of aromatic nitrogens is 1. The van der Waals surface area contributed by atoms with Gasteiger partial charge in [0.15, 0.2) is 5.78 Å². The summed E-state index contributed by atoms with van der Waals surface area (Å²) in [6.07, 6.45) is 3.16. The molecule has 0 aliphatic carbocycles. The molecule has 0 fully saturated rings. The van der Waals surface area contributed by atoms with Crippen molar-refractivity contribution in [1.29, 1.82) is 0 Å². The Hall–Kier alpha value is -2.94. The molecule has 3 aromatic rings. The second-order valence-corrected chi connectivity index (χ2v) is 5.15. The zero-order valence-corrected chi connectivity index (χ0v) is 12.2. The van der Waals surface area contributed by atoms with Crippen LogP contribution in [0.1, 0.15) is 21.6 Å². The Kier molecular flexibility index (Phi) is 3.71. The van der Waals surface area contributed by atoms with Crippen molar-refractivity contribution in [2.24, 2.45) is 0 Å². The fourth-order valence-electron chi connectivity index (χ4n) is 2.21. The van der Waals surface area contributed by atoms with Gasteiger partial charge in [-0.05, 0) is 31.2 Å². The lowest BCUT2D eigenvalue weighted by Crippen LogP contribution is -1.94. The minimum absolute atomic E-state index is 0.0702. The summed E-state index contributed by atoms with van der Waals surface area (Å²) in [6, 6.07) is 16.4. The van der Waals surface area contributed by atoms with E-state index in [0.717, 1.165) is 10.9 Å². The average molecular weight is 289 g/mol. The number of para-hydroxylation sites is 1. The molecule has 0 saturated heterocycles. The summed E-state index contributed by atoms with van der Waals surface area (Å²) in [7, 11) is 0. The molecule has 2 aromatic carbocycles. The van der Waals surface area contributed by atoms with E-state index in [0.29, 0.717) is 16.8 Å². The van der Waals surface area contributed by atoms with Gasteiger partial charge in [-0.1, -0.05) is 48.0 Å². The van der Waals surface area contributed by atoms with E-state index in [9.17, 15) is 9.90 Å². The summed E-state index contributed by atoms with van der Waals surface area (Å²) in [5.41, 5.74) is 2.93. The summed E-state index contributed by atoms with van der Waals surface area (Å²) in [5, 5.41) is 10.7. The number of hydrogen-bond donors (Lipinski definition) is 1. The Morgan fingerprint density at radius 2 is 1.82 bits per heavy atom. The zero-order valence-electron chi connectivity index (χ0n) is 12.2. The molecule has 1 aromatic heterocycles. The minimum Gasteiger partial charge on any atom is -0.506 e. The molecular weight excluding hydrogens is 274 g/mol. The molecule has 0 aliphatic rings. The molecule has 1 heterocycles. The van der Waals surface area contributed by atoms with E-state index in [4.69, 9.17) is 0 Å². The Morgan fingerprint density at radius 3 is 2.59 bits per heavy atom. The van der Waals surface area contributed by atoms with E-state index in [1.54, 1.807) is 18.2 Å². The van der Waals surface area contributed by atoms with Crippen LogP contribution in [-0.2, 0) is 0 Å². The van der Waals surface area contributed by atoms with Crippen molar-refractivity contribution in [2.45, 2.75) is 6.92 Å². The topological polar surface area (TPSA) is 50.2 Å². The van der Waals surface area contributed by atoms with Gasteiger partial charge in [-0.3, -0.25) is 4.79 Å². The summed E-state index contributed by atoms with van der Waals surface area (Å²) in [4.78, 5) is 16.5. The number of rotatable bonds is 3. The lowest BCUT2D eigenvalue weighted by molar-refractivity contribution is 0.104. The summed E-state index contributed by atoms with van der Waals surface area (Å²) >= 11 is 0. The van der Waals surface area contributed by atoms with Gasteiger partial charge in [-0.2, -0.15) is 0 Å². The molecule has 3 heteroatoms. The molecule has 0 bridgehead atoms. The maximum atomic E-state index is 12.1. The third-order valence-corrected chi connectivity index (χ3v) is 3.46. The number of carbonyl (C=O) groups is 1. The van der Waals surface area contributed by atoms with Crippen LogP contribution in [0.3, 0.4) is 0 Å². The summed E-state index contributed by atoms with van der Waals surface area (Å²) in [6.45, 7) is 1.98. The van der Waals surface area contributed by atoms with Gasteiger partial charge in [0, 0.05) is 10.9 Å². The van der Waals surface area contributed by atoms with Crippen molar-refractivity contribution < 1.29 is 9.90 Å². The predicted octanol–water partition coefficient (Wildman–Crippen LogP) is 4.14. The van der Waals surface area contributed by atoms with Gasteiger partial charge < -0.3 is 5.11 Å². The third kappa shape index (κ3) is 2.88. The van der Waals surface area contributed by atoms with Gasteiger partial charge in [-0.15, -0.1) is 0 Å². The number of carbonyl (C=O) groups excluding carboxylic acids is 1. The number of allylic oxidation sites excluding steroid dienone is 1. The zero-order chi connectivity index (χ0) is 15.5. The van der Waals surface area contributed by atoms with E-state index in [2.05, 4.69) is 4.98 Å². The van der Waals surface area contributed by atoms with Crippen LogP contribution in [0.15, 0.2) is 60.7 Å². The van der Waals surface area contributed by atoms with Gasteiger partial charge in [0.25, 0.3) is 0 Å². The minimum atomic E-state index is -0.0702. The van der Waals surface area contributed by atoms with E-state index < -0.39 is 0 Å². The second-order valence-electron chi connectivity index (χ2n) is 5.15. The van der Waals surface area contributed by atoms with Crippen LogP contribution in [0.2, 0.25) is 0 Å². The first-order chi connectivity index (χ1) is 10.6. The fourth-order valence-corrected chi connectivity index (χ4v) is 2.21. The Bertz CT molecular complexity index is 864. The molecule has 0 radical (unpaired) electrons. The Labute approximate surface area is 128 Å². The largest absolute Gasteiger partial charge is 0.506 e. The van der Waals surface area contributed by atoms with Gasteiger partial charge in [0.05, 0.1) is 5.69 Å². The van der Waals surface area contributed by atoms with Crippen LogP contribution < -0.4 is 0 Å². The SMILES string of the molecule is Cc1ccc(C(=O)/C=C/c2ccc3cccc(O)c3n2)cc1. The van der Waals surface area contributed by atoms with Gasteiger partial charge >= 0.3 is 0 Å². The Balaban J connectivity index is 1.87. The standard InChI is InChI=1S/C19H15NO2/c1-13-5-7-14(8-6-13)17(21)12-11-16-10-9-15-3-2-4-18(22)19(15)20-16/h2-12,22H,1H3/b12-11+. The molecule has 1 N–H and O–H groups in total. The van der Waals surface area contributed by atoms with Crippen molar-refractivity contribution in [3.05, 3.63) is 77.5 Å². The highest BCUT2D eigenvalue weighted by Gasteiger charge is 2.03. The maximum Gasteiger partial charge on any atom is 0.185 e. The summed E-state index contributed by atoms with van der Waals surface area (Å²) in [5.74, 6) is 0.0665. The van der Waals surface area contributed by atoms with Crippen molar-refractivity contribution >= 4 is 22.8 Å². The van der Waals surface area contributed by atoms with Crippen LogP contribution in [0, 0.1) is 6.92 Å². The maximum absolute atomic E-state index is 12.1. The third-order valence-electron chi connectivity index (χ3n) is 3.46. The molecule has 0 atom stereocenters. The lowest BCUT2D eigenvalue weighted by atomic mass is 10.1. The number of pyridine rings is 1. The molecule has 0 spiro atoms. The number of fused-ring (bicyclic) bond motifs is 1. The highest BCUT2D eigenvalue weighted by Crippen LogP contribution is 2.22. The number of benzene rings is 2. The number of nitrogens with zero attached hydrogens (tertiary/aromatic N) is 1. The van der Waals surface area contributed by atoms with Gasteiger partial charge in [0.1, 0.15) is 11.3 Å². The molecule has 0 amide bonds. The van der Waals surface area contributed by atoms with E-state index in [1.165, 1.54) is 6.08 Å².